The Bertz CT molecular complexity index is 976. The third-order valence-corrected chi connectivity index (χ3v) is 5.78. The lowest BCUT2D eigenvalue weighted by molar-refractivity contribution is 0.0947. The molecule has 0 unspecified atom stereocenters. The number of carbonyl (C=O) groups is 1. The lowest BCUT2D eigenvalue weighted by atomic mass is 9.96. The number of pyridine rings is 1. The Labute approximate surface area is 174 Å². The van der Waals surface area contributed by atoms with Crippen molar-refractivity contribution in [2.45, 2.75) is 53.4 Å². The van der Waals surface area contributed by atoms with Crippen molar-refractivity contribution in [1.82, 2.24) is 10.3 Å². The summed E-state index contributed by atoms with van der Waals surface area (Å²) in [6.45, 7) is 9.23. The maximum absolute atomic E-state index is 13.3. The Kier molecular flexibility index (Phi) is 7.03. The van der Waals surface area contributed by atoms with E-state index in [1.54, 1.807) is 0 Å². The normalized spacial score (nSPS) is 12.1. The number of para-hydroxylation sites is 1. The molecule has 0 aliphatic rings. The fourth-order valence-electron chi connectivity index (χ4n) is 3.86. The largest absolute Gasteiger partial charge is 0.352 e. The Hall–Kier alpha value is -2.68. The average molecular weight is 389 g/mol. The number of hydrogen-bond acceptors (Lipinski definition) is 2. The number of carbonyl (C=O) groups excluding carboxylic acids is 1. The average Bonchev–Trinajstić information content (AvgIpc) is 2.74. The third kappa shape index (κ3) is 4.84. The summed E-state index contributed by atoms with van der Waals surface area (Å²) in [5, 5.41) is 4.13. The first-order valence-corrected chi connectivity index (χ1v) is 10.8. The molecule has 0 aliphatic carbocycles. The van der Waals surface area contributed by atoms with Gasteiger partial charge in [0, 0.05) is 17.5 Å². The summed E-state index contributed by atoms with van der Waals surface area (Å²) in [7, 11) is 0. The minimum absolute atomic E-state index is 0.00408. The van der Waals surface area contributed by atoms with Crippen LogP contribution in [0.5, 0.6) is 0 Å². The van der Waals surface area contributed by atoms with Crippen molar-refractivity contribution in [1.29, 1.82) is 0 Å². The van der Waals surface area contributed by atoms with Gasteiger partial charge < -0.3 is 5.32 Å². The van der Waals surface area contributed by atoms with Gasteiger partial charge in [-0.2, -0.15) is 0 Å². The van der Waals surface area contributed by atoms with Crippen LogP contribution in [0.25, 0.3) is 22.2 Å². The van der Waals surface area contributed by atoms with Crippen LogP contribution in [-0.2, 0) is 0 Å². The number of hydrogen-bond donors (Lipinski definition) is 1. The lowest BCUT2D eigenvalue weighted by Crippen LogP contribution is -2.30. The maximum atomic E-state index is 13.3. The van der Waals surface area contributed by atoms with Gasteiger partial charge in [0.2, 0.25) is 0 Å². The molecular weight excluding hydrogens is 356 g/mol. The molecule has 3 nitrogen and oxygen atoms in total. The number of fused-ring (bicyclic) bond motifs is 1. The zero-order valence-electron chi connectivity index (χ0n) is 18.1. The van der Waals surface area contributed by atoms with Gasteiger partial charge in [-0.1, -0.05) is 81.1 Å². The van der Waals surface area contributed by atoms with Gasteiger partial charge >= 0.3 is 0 Å². The number of aromatic nitrogens is 1. The highest BCUT2D eigenvalue weighted by Gasteiger charge is 2.19. The van der Waals surface area contributed by atoms with Crippen LogP contribution >= 0.6 is 0 Å². The number of nitrogens with one attached hydrogen (secondary N) is 1. The van der Waals surface area contributed by atoms with Crippen LogP contribution in [0.4, 0.5) is 0 Å². The van der Waals surface area contributed by atoms with Crippen LogP contribution in [0.2, 0.25) is 0 Å². The van der Waals surface area contributed by atoms with Crippen molar-refractivity contribution in [3.05, 3.63) is 65.2 Å². The van der Waals surface area contributed by atoms with Crippen LogP contribution in [0.3, 0.4) is 0 Å². The van der Waals surface area contributed by atoms with E-state index in [1.165, 1.54) is 18.4 Å². The second-order valence-corrected chi connectivity index (χ2v) is 7.97. The highest BCUT2D eigenvalue weighted by Crippen LogP contribution is 2.30. The number of nitrogens with zero attached hydrogens (tertiary/aromatic N) is 1. The molecule has 0 radical (unpaired) electrons. The van der Waals surface area contributed by atoms with Crippen LogP contribution in [0, 0.1) is 19.8 Å². The SMILES string of the molecule is CCCC[C@@H](CC)CNC(=O)c1c(C)c(-c2ccc(C)cc2)nc2ccccc12. The van der Waals surface area contributed by atoms with E-state index < -0.39 is 0 Å². The van der Waals surface area contributed by atoms with Gasteiger partial charge in [0.15, 0.2) is 0 Å². The molecule has 1 atom stereocenters. The van der Waals surface area contributed by atoms with Gasteiger partial charge in [-0.3, -0.25) is 4.79 Å². The van der Waals surface area contributed by atoms with E-state index in [0.29, 0.717) is 5.92 Å². The molecule has 3 heteroatoms. The number of unbranched alkanes of at least 4 members (excludes halogenated alkanes) is 1. The molecule has 0 aliphatic heterocycles. The Balaban J connectivity index is 1.98. The summed E-state index contributed by atoms with van der Waals surface area (Å²) in [6.07, 6.45) is 4.66. The molecule has 1 N–H and O–H groups in total. The topological polar surface area (TPSA) is 42.0 Å². The van der Waals surface area contributed by atoms with E-state index in [1.807, 2.05) is 31.2 Å². The van der Waals surface area contributed by atoms with Gasteiger partial charge in [0.25, 0.3) is 5.91 Å². The van der Waals surface area contributed by atoms with Gasteiger partial charge in [0.1, 0.15) is 0 Å². The van der Waals surface area contributed by atoms with Crippen LogP contribution in [0.1, 0.15) is 61.0 Å². The molecule has 3 aromatic rings. The molecule has 0 fully saturated rings. The molecular formula is C26H32N2O. The highest BCUT2D eigenvalue weighted by atomic mass is 16.1. The minimum Gasteiger partial charge on any atom is -0.352 e. The Morgan fingerprint density at radius 3 is 2.45 bits per heavy atom. The summed E-state index contributed by atoms with van der Waals surface area (Å²) in [5.41, 5.74) is 5.68. The molecule has 0 saturated carbocycles. The lowest BCUT2D eigenvalue weighted by Gasteiger charge is -2.18. The van der Waals surface area contributed by atoms with E-state index in [2.05, 4.69) is 50.4 Å². The Morgan fingerprint density at radius 2 is 1.76 bits per heavy atom. The summed E-state index contributed by atoms with van der Waals surface area (Å²) >= 11 is 0. The fourth-order valence-corrected chi connectivity index (χ4v) is 3.86. The zero-order valence-corrected chi connectivity index (χ0v) is 18.1. The van der Waals surface area contributed by atoms with Crippen molar-refractivity contribution in [2.24, 2.45) is 5.92 Å². The molecule has 0 saturated heterocycles. The van der Waals surface area contributed by atoms with E-state index in [9.17, 15) is 4.79 Å². The minimum atomic E-state index is 0.00408. The van der Waals surface area contributed by atoms with Crippen LogP contribution in [0.15, 0.2) is 48.5 Å². The van der Waals surface area contributed by atoms with E-state index in [0.717, 1.165) is 52.7 Å². The molecule has 1 heterocycles. The predicted molar refractivity (Wildman–Crippen MR) is 122 cm³/mol. The zero-order chi connectivity index (χ0) is 20.8. The van der Waals surface area contributed by atoms with Gasteiger partial charge in [-0.15, -0.1) is 0 Å². The van der Waals surface area contributed by atoms with Gasteiger partial charge in [-0.25, -0.2) is 4.98 Å². The molecule has 3 rings (SSSR count). The van der Waals surface area contributed by atoms with Gasteiger partial charge in [-0.05, 0) is 37.8 Å². The molecule has 0 spiro atoms. The quantitative estimate of drug-likeness (QED) is 0.481. The summed E-state index contributed by atoms with van der Waals surface area (Å²) < 4.78 is 0. The van der Waals surface area contributed by atoms with Crippen molar-refractivity contribution in [2.75, 3.05) is 6.54 Å². The third-order valence-electron chi connectivity index (χ3n) is 5.78. The first kappa shape index (κ1) is 21.0. The summed E-state index contributed by atoms with van der Waals surface area (Å²) in [5.74, 6) is 0.535. The molecule has 0 bridgehead atoms. The monoisotopic (exact) mass is 388 g/mol. The van der Waals surface area contributed by atoms with E-state index in [4.69, 9.17) is 4.98 Å². The first-order valence-electron chi connectivity index (χ1n) is 10.8. The van der Waals surface area contributed by atoms with Crippen LogP contribution < -0.4 is 5.32 Å². The predicted octanol–water partition coefficient (Wildman–Crippen LogP) is 6.46. The molecule has 152 valence electrons. The second kappa shape index (κ2) is 9.69. The molecule has 29 heavy (non-hydrogen) atoms. The van der Waals surface area contributed by atoms with E-state index in [-0.39, 0.29) is 5.91 Å². The number of benzene rings is 2. The number of aryl methyl sites for hydroxylation is 1. The summed E-state index contributed by atoms with van der Waals surface area (Å²) in [6, 6.07) is 16.3. The van der Waals surface area contributed by atoms with Crippen molar-refractivity contribution in [3.8, 4) is 11.3 Å². The Morgan fingerprint density at radius 1 is 1.03 bits per heavy atom. The summed E-state index contributed by atoms with van der Waals surface area (Å²) in [4.78, 5) is 18.2. The smallest absolute Gasteiger partial charge is 0.252 e. The standard InChI is InChI=1S/C26H32N2O/c1-5-7-10-20(6-2)17-27-26(29)24-19(4)25(21-15-13-18(3)14-16-21)28-23-12-9-8-11-22(23)24/h8-9,11-16,20H,5-7,10,17H2,1-4H3,(H,27,29)/t20-/m1/s1. The number of amides is 1. The molecule has 1 aromatic heterocycles. The maximum Gasteiger partial charge on any atom is 0.252 e. The first-order chi connectivity index (χ1) is 14.0. The highest BCUT2D eigenvalue weighted by molar-refractivity contribution is 6.08. The van der Waals surface area contributed by atoms with Crippen LogP contribution in [-0.4, -0.2) is 17.4 Å². The molecule has 2 aromatic carbocycles. The van der Waals surface area contributed by atoms with Gasteiger partial charge in [0.05, 0.1) is 16.8 Å². The van der Waals surface area contributed by atoms with Crippen molar-refractivity contribution in [3.63, 3.8) is 0 Å². The number of rotatable bonds is 8. The second-order valence-electron chi connectivity index (χ2n) is 7.97. The van der Waals surface area contributed by atoms with Crippen molar-refractivity contribution >= 4 is 16.8 Å². The fraction of sp³-hybridized carbons (Fsp3) is 0.385. The van der Waals surface area contributed by atoms with Crippen molar-refractivity contribution < 1.29 is 4.79 Å². The molecule has 1 amide bonds. The van der Waals surface area contributed by atoms with E-state index >= 15 is 0 Å².